The quantitative estimate of drug-likeness (QED) is 0.391. The number of methoxy groups -OCH3 is 2. The van der Waals surface area contributed by atoms with E-state index in [0.29, 0.717) is 13.2 Å². The Bertz CT molecular complexity index is 421. The largest absolute Gasteiger partial charge is 0.497 e. The molecule has 1 aromatic carbocycles. The van der Waals surface area contributed by atoms with Gasteiger partial charge in [-0.15, -0.1) is 0 Å². The summed E-state index contributed by atoms with van der Waals surface area (Å²) in [5.41, 5.74) is 0. The van der Waals surface area contributed by atoms with Gasteiger partial charge in [0.05, 0.1) is 13.7 Å². The van der Waals surface area contributed by atoms with Crippen molar-refractivity contribution in [3.05, 3.63) is 24.3 Å². The SMILES string of the molecule is CCNC(=NCCCOC)NCCOc1ccc(OC)cc1. The van der Waals surface area contributed by atoms with Crippen molar-refractivity contribution in [2.75, 3.05) is 47.1 Å². The predicted molar refractivity (Wildman–Crippen MR) is 89.0 cm³/mol. The number of ether oxygens (including phenoxy) is 3. The Labute approximate surface area is 132 Å². The fraction of sp³-hybridized carbons (Fsp3) is 0.562. The number of hydrogen-bond acceptors (Lipinski definition) is 4. The summed E-state index contributed by atoms with van der Waals surface area (Å²) in [5, 5.41) is 6.44. The third-order valence-electron chi connectivity index (χ3n) is 2.84. The second-order valence-corrected chi connectivity index (χ2v) is 4.56. The number of nitrogens with one attached hydrogen (secondary N) is 2. The Kier molecular flexibility index (Phi) is 9.61. The van der Waals surface area contributed by atoms with E-state index in [9.17, 15) is 0 Å². The fourth-order valence-corrected chi connectivity index (χ4v) is 1.75. The zero-order valence-electron chi connectivity index (χ0n) is 13.7. The van der Waals surface area contributed by atoms with Crippen LogP contribution in [0.15, 0.2) is 29.3 Å². The zero-order valence-corrected chi connectivity index (χ0v) is 13.7. The molecule has 22 heavy (non-hydrogen) atoms. The van der Waals surface area contributed by atoms with Crippen LogP contribution in [0.3, 0.4) is 0 Å². The van der Waals surface area contributed by atoms with Gasteiger partial charge in [0, 0.05) is 26.8 Å². The lowest BCUT2D eigenvalue weighted by Crippen LogP contribution is -2.39. The van der Waals surface area contributed by atoms with Gasteiger partial charge in [0.25, 0.3) is 0 Å². The fourth-order valence-electron chi connectivity index (χ4n) is 1.75. The van der Waals surface area contributed by atoms with Gasteiger partial charge in [-0.3, -0.25) is 4.99 Å². The lowest BCUT2D eigenvalue weighted by molar-refractivity contribution is 0.197. The molecule has 0 fully saturated rings. The van der Waals surface area contributed by atoms with Crippen LogP contribution in [0, 0.1) is 0 Å². The molecule has 124 valence electrons. The molecule has 0 aliphatic rings. The number of rotatable bonds is 10. The van der Waals surface area contributed by atoms with Gasteiger partial charge in [-0.2, -0.15) is 0 Å². The molecular weight excluding hydrogens is 282 g/mol. The van der Waals surface area contributed by atoms with Crippen molar-refractivity contribution in [2.24, 2.45) is 4.99 Å². The van der Waals surface area contributed by atoms with Gasteiger partial charge >= 0.3 is 0 Å². The summed E-state index contributed by atoms with van der Waals surface area (Å²) in [4.78, 5) is 4.46. The van der Waals surface area contributed by atoms with Crippen molar-refractivity contribution in [1.82, 2.24) is 10.6 Å². The molecule has 1 aromatic rings. The second kappa shape index (κ2) is 11.7. The second-order valence-electron chi connectivity index (χ2n) is 4.56. The molecule has 0 bridgehead atoms. The van der Waals surface area contributed by atoms with E-state index in [0.717, 1.165) is 43.6 Å². The van der Waals surface area contributed by atoms with E-state index < -0.39 is 0 Å². The van der Waals surface area contributed by atoms with Crippen LogP contribution in [0.25, 0.3) is 0 Å². The van der Waals surface area contributed by atoms with Gasteiger partial charge < -0.3 is 24.8 Å². The molecule has 0 radical (unpaired) electrons. The smallest absolute Gasteiger partial charge is 0.191 e. The van der Waals surface area contributed by atoms with Gasteiger partial charge in [0.15, 0.2) is 5.96 Å². The van der Waals surface area contributed by atoms with E-state index in [-0.39, 0.29) is 0 Å². The van der Waals surface area contributed by atoms with E-state index in [1.54, 1.807) is 14.2 Å². The summed E-state index contributed by atoms with van der Waals surface area (Å²) in [6.07, 6.45) is 0.912. The Hall–Kier alpha value is -1.95. The highest BCUT2D eigenvalue weighted by Gasteiger charge is 1.98. The summed E-state index contributed by atoms with van der Waals surface area (Å²) in [6.45, 7) is 5.58. The molecule has 6 heteroatoms. The van der Waals surface area contributed by atoms with Gasteiger partial charge in [-0.05, 0) is 37.6 Å². The summed E-state index contributed by atoms with van der Waals surface area (Å²) in [7, 11) is 3.34. The van der Waals surface area contributed by atoms with Crippen LogP contribution in [0.5, 0.6) is 11.5 Å². The predicted octanol–water partition coefficient (Wildman–Crippen LogP) is 1.67. The van der Waals surface area contributed by atoms with E-state index >= 15 is 0 Å². The zero-order chi connectivity index (χ0) is 16.0. The Morgan fingerprint density at radius 2 is 1.77 bits per heavy atom. The minimum absolute atomic E-state index is 0.564. The summed E-state index contributed by atoms with van der Waals surface area (Å²) in [5.74, 6) is 2.45. The maximum Gasteiger partial charge on any atom is 0.191 e. The maximum atomic E-state index is 5.66. The minimum Gasteiger partial charge on any atom is -0.497 e. The van der Waals surface area contributed by atoms with Crippen LogP contribution in [0.1, 0.15) is 13.3 Å². The van der Waals surface area contributed by atoms with Gasteiger partial charge in [-0.1, -0.05) is 0 Å². The van der Waals surface area contributed by atoms with E-state index in [1.165, 1.54) is 0 Å². The summed E-state index contributed by atoms with van der Waals surface area (Å²) >= 11 is 0. The number of nitrogens with zero attached hydrogens (tertiary/aromatic N) is 1. The van der Waals surface area contributed by atoms with Crippen LogP contribution in [0.2, 0.25) is 0 Å². The van der Waals surface area contributed by atoms with Crippen molar-refractivity contribution >= 4 is 5.96 Å². The van der Waals surface area contributed by atoms with Crippen LogP contribution < -0.4 is 20.1 Å². The molecule has 0 aromatic heterocycles. The molecule has 6 nitrogen and oxygen atoms in total. The molecule has 0 aliphatic heterocycles. The van der Waals surface area contributed by atoms with Crippen molar-refractivity contribution in [1.29, 1.82) is 0 Å². The molecule has 2 N–H and O–H groups in total. The lowest BCUT2D eigenvalue weighted by Gasteiger charge is -2.12. The van der Waals surface area contributed by atoms with E-state index in [4.69, 9.17) is 14.2 Å². The Balaban J connectivity index is 2.26. The van der Waals surface area contributed by atoms with E-state index in [2.05, 4.69) is 15.6 Å². The molecule has 0 spiro atoms. The average Bonchev–Trinajstić information content (AvgIpc) is 2.56. The molecule has 0 unspecified atom stereocenters. The molecule has 0 aliphatic carbocycles. The van der Waals surface area contributed by atoms with Crippen molar-refractivity contribution < 1.29 is 14.2 Å². The molecule has 0 heterocycles. The highest BCUT2D eigenvalue weighted by molar-refractivity contribution is 5.79. The van der Waals surface area contributed by atoms with Crippen LogP contribution in [0.4, 0.5) is 0 Å². The molecule has 0 saturated heterocycles. The molecule has 1 rings (SSSR count). The van der Waals surface area contributed by atoms with Crippen molar-refractivity contribution in [3.8, 4) is 11.5 Å². The monoisotopic (exact) mass is 309 g/mol. The highest BCUT2D eigenvalue weighted by atomic mass is 16.5. The van der Waals surface area contributed by atoms with Crippen molar-refractivity contribution in [3.63, 3.8) is 0 Å². The molecule has 0 atom stereocenters. The summed E-state index contributed by atoms with van der Waals surface area (Å²) in [6, 6.07) is 7.54. The summed E-state index contributed by atoms with van der Waals surface area (Å²) < 4.78 is 15.8. The minimum atomic E-state index is 0.564. The first-order valence-electron chi connectivity index (χ1n) is 7.58. The third-order valence-corrected chi connectivity index (χ3v) is 2.84. The lowest BCUT2D eigenvalue weighted by atomic mass is 10.3. The number of aliphatic imine (C=N–C) groups is 1. The van der Waals surface area contributed by atoms with Gasteiger partial charge in [0.2, 0.25) is 0 Å². The van der Waals surface area contributed by atoms with Crippen LogP contribution in [-0.2, 0) is 4.74 Å². The Morgan fingerprint density at radius 3 is 2.41 bits per heavy atom. The average molecular weight is 309 g/mol. The topological polar surface area (TPSA) is 64.1 Å². The van der Waals surface area contributed by atoms with E-state index in [1.807, 2.05) is 31.2 Å². The number of guanidine groups is 1. The molecule has 0 amide bonds. The highest BCUT2D eigenvalue weighted by Crippen LogP contribution is 2.16. The Morgan fingerprint density at radius 1 is 1.05 bits per heavy atom. The van der Waals surface area contributed by atoms with Crippen LogP contribution in [-0.4, -0.2) is 53.0 Å². The molecule has 0 saturated carbocycles. The standard InChI is InChI=1S/C16H27N3O3/c1-4-17-16(18-10-5-12-20-2)19-11-13-22-15-8-6-14(21-3)7-9-15/h6-9H,4-5,10-13H2,1-3H3,(H2,17,18,19). The first kappa shape index (κ1) is 18.1. The number of hydrogen-bond donors (Lipinski definition) is 2. The number of benzene rings is 1. The molecular formula is C16H27N3O3. The van der Waals surface area contributed by atoms with Crippen molar-refractivity contribution in [2.45, 2.75) is 13.3 Å². The first-order chi connectivity index (χ1) is 10.8. The first-order valence-corrected chi connectivity index (χ1v) is 7.58. The normalized spacial score (nSPS) is 11.1. The van der Waals surface area contributed by atoms with Gasteiger partial charge in [-0.25, -0.2) is 0 Å². The van der Waals surface area contributed by atoms with Gasteiger partial charge in [0.1, 0.15) is 18.1 Å². The maximum absolute atomic E-state index is 5.66. The third kappa shape index (κ3) is 7.73. The van der Waals surface area contributed by atoms with Crippen LogP contribution >= 0.6 is 0 Å².